The molecule has 0 unspecified atom stereocenters. The summed E-state index contributed by atoms with van der Waals surface area (Å²) >= 11 is 1.65. The Bertz CT molecular complexity index is 722. The van der Waals surface area contributed by atoms with Gasteiger partial charge >= 0.3 is 0 Å². The van der Waals surface area contributed by atoms with Gasteiger partial charge in [0.2, 0.25) is 5.89 Å². The topological polar surface area (TPSA) is 60.0 Å². The third-order valence-electron chi connectivity index (χ3n) is 4.18. The molecule has 120 valence electrons. The lowest BCUT2D eigenvalue weighted by atomic mass is 9.98. The lowest BCUT2D eigenvalue weighted by Crippen LogP contribution is -2.36. The zero-order valence-corrected chi connectivity index (χ0v) is 13.7. The molecule has 1 atom stereocenters. The van der Waals surface area contributed by atoms with Gasteiger partial charge in [-0.05, 0) is 36.8 Å². The average molecular weight is 329 g/mol. The van der Waals surface area contributed by atoms with Gasteiger partial charge in [0.15, 0.2) is 0 Å². The zero-order valence-electron chi connectivity index (χ0n) is 12.8. The van der Waals surface area contributed by atoms with Gasteiger partial charge in [-0.2, -0.15) is 5.10 Å². The lowest BCUT2D eigenvalue weighted by molar-refractivity contribution is 0.151. The van der Waals surface area contributed by atoms with Crippen molar-refractivity contribution >= 4 is 11.3 Å². The number of aromatic nitrogens is 4. The van der Waals surface area contributed by atoms with Gasteiger partial charge in [-0.15, -0.1) is 11.3 Å². The van der Waals surface area contributed by atoms with E-state index in [1.807, 2.05) is 22.2 Å². The Morgan fingerprint density at radius 2 is 2.39 bits per heavy atom. The highest BCUT2D eigenvalue weighted by Crippen LogP contribution is 2.25. The monoisotopic (exact) mass is 329 g/mol. The van der Waals surface area contributed by atoms with Crippen molar-refractivity contribution < 1.29 is 4.42 Å². The van der Waals surface area contributed by atoms with Gasteiger partial charge in [0, 0.05) is 19.6 Å². The second-order valence-corrected chi connectivity index (χ2v) is 6.93. The molecule has 0 saturated carbocycles. The third-order valence-corrected chi connectivity index (χ3v) is 5.04. The number of hydrogen-bond donors (Lipinski definition) is 0. The molecule has 0 aromatic carbocycles. The van der Waals surface area contributed by atoms with Crippen LogP contribution in [0.2, 0.25) is 0 Å². The Balaban J connectivity index is 1.37. The SMILES string of the molecule is c1csc(-c2nc(CN3CCC[C@@H](Cn4cncn4)C3)co2)c1. The number of rotatable bonds is 5. The molecule has 4 heterocycles. The van der Waals surface area contributed by atoms with E-state index in [2.05, 4.69) is 20.0 Å². The van der Waals surface area contributed by atoms with E-state index in [0.717, 1.165) is 42.6 Å². The minimum atomic E-state index is 0.620. The van der Waals surface area contributed by atoms with Gasteiger partial charge in [-0.25, -0.2) is 9.97 Å². The number of oxazole rings is 1. The van der Waals surface area contributed by atoms with Crippen molar-refractivity contribution in [1.29, 1.82) is 0 Å². The van der Waals surface area contributed by atoms with Crippen LogP contribution in [0.25, 0.3) is 10.8 Å². The van der Waals surface area contributed by atoms with Crippen LogP contribution >= 0.6 is 11.3 Å². The van der Waals surface area contributed by atoms with Crippen molar-refractivity contribution in [1.82, 2.24) is 24.6 Å². The quantitative estimate of drug-likeness (QED) is 0.720. The Morgan fingerprint density at radius 1 is 1.39 bits per heavy atom. The second kappa shape index (κ2) is 6.64. The molecule has 1 saturated heterocycles. The molecule has 0 spiro atoms. The van der Waals surface area contributed by atoms with Crippen molar-refractivity contribution in [2.75, 3.05) is 13.1 Å². The Labute approximate surface area is 138 Å². The Kier molecular flexibility index (Phi) is 4.21. The zero-order chi connectivity index (χ0) is 15.5. The van der Waals surface area contributed by atoms with Gasteiger partial charge in [0.05, 0.1) is 10.6 Å². The number of thiophene rings is 1. The summed E-state index contributed by atoms with van der Waals surface area (Å²) in [7, 11) is 0. The predicted molar refractivity (Wildman–Crippen MR) is 87.8 cm³/mol. The molecule has 0 bridgehead atoms. The van der Waals surface area contributed by atoms with Crippen LogP contribution in [0, 0.1) is 5.92 Å². The van der Waals surface area contributed by atoms with E-state index in [0.29, 0.717) is 5.92 Å². The van der Waals surface area contributed by atoms with Crippen molar-refractivity contribution in [3.8, 4) is 10.8 Å². The molecule has 7 heteroatoms. The van der Waals surface area contributed by atoms with Crippen LogP contribution in [0.15, 0.2) is 40.8 Å². The molecule has 1 aliphatic rings. The number of piperidine rings is 1. The minimum absolute atomic E-state index is 0.620. The van der Waals surface area contributed by atoms with Crippen LogP contribution in [0.1, 0.15) is 18.5 Å². The highest BCUT2D eigenvalue weighted by Gasteiger charge is 2.21. The Hall–Kier alpha value is -1.99. The van der Waals surface area contributed by atoms with Gasteiger partial charge in [-0.1, -0.05) is 6.07 Å². The molecular formula is C16H19N5OS. The van der Waals surface area contributed by atoms with E-state index in [-0.39, 0.29) is 0 Å². The van der Waals surface area contributed by atoms with E-state index < -0.39 is 0 Å². The van der Waals surface area contributed by atoms with Crippen LogP contribution < -0.4 is 0 Å². The molecule has 3 aromatic heterocycles. The molecule has 3 aromatic rings. The largest absolute Gasteiger partial charge is 0.444 e. The van der Waals surface area contributed by atoms with Crippen LogP contribution in [0.4, 0.5) is 0 Å². The highest BCUT2D eigenvalue weighted by molar-refractivity contribution is 7.13. The normalized spacial score (nSPS) is 19.2. The molecule has 0 N–H and O–H groups in total. The maximum Gasteiger partial charge on any atom is 0.236 e. The lowest BCUT2D eigenvalue weighted by Gasteiger charge is -2.31. The highest BCUT2D eigenvalue weighted by atomic mass is 32.1. The first-order valence-corrected chi connectivity index (χ1v) is 8.78. The van der Waals surface area contributed by atoms with Crippen molar-refractivity contribution in [3.63, 3.8) is 0 Å². The summed E-state index contributed by atoms with van der Waals surface area (Å²) in [4.78, 5) is 12.2. The third kappa shape index (κ3) is 3.51. The maximum atomic E-state index is 5.61. The van der Waals surface area contributed by atoms with E-state index in [1.54, 1.807) is 30.3 Å². The smallest absolute Gasteiger partial charge is 0.236 e. The molecule has 4 rings (SSSR count). The first kappa shape index (κ1) is 14.6. The van der Waals surface area contributed by atoms with Crippen LogP contribution in [-0.2, 0) is 13.1 Å². The average Bonchev–Trinajstić information content (AvgIpc) is 3.30. The standard InChI is InChI=1S/C16H19N5OS/c1-3-13(8-21-12-17-11-18-21)7-20(5-1)9-14-10-22-16(19-14)15-4-2-6-23-15/h2,4,6,10-13H,1,3,5,7-9H2/t13-/m1/s1. The number of likely N-dealkylation sites (tertiary alicyclic amines) is 1. The number of nitrogens with zero attached hydrogens (tertiary/aromatic N) is 5. The van der Waals surface area contributed by atoms with E-state index >= 15 is 0 Å². The predicted octanol–water partition coefficient (Wildman–Crippen LogP) is 2.91. The Morgan fingerprint density at radius 3 is 3.22 bits per heavy atom. The van der Waals surface area contributed by atoms with Gasteiger partial charge in [-0.3, -0.25) is 9.58 Å². The fourth-order valence-electron chi connectivity index (χ4n) is 3.16. The molecule has 1 fully saturated rings. The first-order valence-electron chi connectivity index (χ1n) is 7.90. The van der Waals surface area contributed by atoms with Gasteiger partial charge in [0.25, 0.3) is 0 Å². The minimum Gasteiger partial charge on any atom is -0.444 e. The number of hydrogen-bond acceptors (Lipinski definition) is 6. The molecule has 0 amide bonds. The van der Waals surface area contributed by atoms with E-state index in [1.165, 1.54) is 12.8 Å². The van der Waals surface area contributed by atoms with E-state index in [4.69, 9.17) is 4.42 Å². The first-order chi connectivity index (χ1) is 11.4. The molecule has 1 aliphatic heterocycles. The van der Waals surface area contributed by atoms with Gasteiger partial charge < -0.3 is 4.42 Å². The summed E-state index contributed by atoms with van der Waals surface area (Å²) < 4.78 is 7.54. The van der Waals surface area contributed by atoms with Gasteiger partial charge in [0.1, 0.15) is 18.9 Å². The maximum absolute atomic E-state index is 5.61. The molecule has 23 heavy (non-hydrogen) atoms. The summed E-state index contributed by atoms with van der Waals surface area (Å²) in [6, 6.07) is 4.05. The summed E-state index contributed by atoms with van der Waals surface area (Å²) in [6.45, 7) is 3.98. The van der Waals surface area contributed by atoms with Crippen molar-refractivity contribution in [2.45, 2.75) is 25.9 Å². The summed E-state index contributed by atoms with van der Waals surface area (Å²) in [5.41, 5.74) is 1.01. The molecular weight excluding hydrogens is 310 g/mol. The molecule has 0 aliphatic carbocycles. The fourth-order valence-corrected chi connectivity index (χ4v) is 3.81. The van der Waals surface area contributed by atoms with E-state index in [9.17, 15) is 0 Å². The van der Waals surface area contributed by atoms with Crippen LogP contribution in [0.5, 0.6) is 0 Å². The fraction of sp³-hybridized carbons (Fsp3) is 0.438. The van der Waals surface area contributed by atoms with Crippen LogP contribution in [0.3, 0.4) is 0 Å². The van der Waals surface area contributed by atoms with Crippen LogP contribution in [-0.4, -0.2) is 37.7 Å². The van der Waals surface area contributed by atoms with Crippen molar-refractivity contribution in [3.05, 3.63) is 42.1 Å². The summed E-state index contributed by atoms with van der Waals surface area (Å²) in [5.74, 6) is 1.35. The summed E-state index contributed by atoms with van der Waals surface area (Å²) in [6.07, 6.45) is 7.65. The molecule has 0 radical (unpaired) electrons. The summed E-state index contributed by atoms with van der Waals surface area (Å²) in [5, 5.41) is 6.25. The van der Waals surface area contributed by atoms with Crippen molar-refractivity contribution in [2.24, 2.45) is 5.92 Å². The second-order valence-electron chi connectivity index (χ2n) is 5.98. The molecule has 6 nitrogen and oxygen atoms in total.